The van der Waals surface area contributed by atoms with E-state index in [-0.39, 0.29) is 0 Å². The van der Waals surface area contributed by atoms with Gasteiger partial charge in [-0.25, -0.2) is 4.79 Å². The molecule has 2 saturated heterocycles. The Morgan fingerprint density at radius 3 is 2.69 bits per heavy atom. The van der Waals surface area contributed by atoms with Crippen molar-refractivity contribution in [2.45, 2.75) is 37.5 Å². The number of piperidine rings is 1. The number of carbonyl (C=O) groups excluding carboxylic acids is 1. The minimum atomic E-state index is -1.26. The number of nitrogens with zero attached hydrogens (tertiary/aromatic N) is 1. The van der Waals surface area contributed by atoms with Gasteiger partial charge in [0.2, 0.25) is 6.29 Å². The first-order valence-corrected chi connectivity index (χ1v) is 4.14. The number of rotatable bonds is 0. The fourth-order valence-corrected chi connectivity index (χ4v) is 1.78. The highest BCUT2D eigenvalue weighted by Gasteiger charge is 2.48. The SMILES string of the molecule is O=C1OC(O)C2CCC(O)C(O)N12. The van der Waals surface area contributed by atoms with E-state index in [1.807, 2.05) is 0 Å². The van der Waals surface area contributed by atoms with E-state index in [1.54, 1.807) is 0 Å². The summed E-state index contributed by atoms with van der Waals surface area (Å²) in [5.41, 5.74) is 0. The molecule has 6 nitrogen and oxygen atoms in total. The number of hydrogen-bond donors (Lipinski definition) is 3. The average Bonchev–Trinajstić information content (AvgIpc) is 2.35. The molecule has 2 aliphatic rings. The molecule has 2 aliphatic heterocycles. The first-order chi connectivity index (χ1) is 6.11. The second-order valence-corrected chi connectivity index (χ2v) is 3.31. The summed E-state index contributed by atoms with van der Waals surface area (Å²) in [6, 6.07) is -0.522. The summed E-state index contributed by atoms with van der Waals surface area (Å²) in [6.07, 6.45) is -3.38. The second kappa shape index (κ2) is 2.83. The van der Waals surface area contributed by atoms with Crippen LogP contribution in [0.5, 0.6) is 0 Å². The Hall–Kier alpha value is -0.850. The van der Waals surface area contributed by atoms with Gasteiger partial charge in [0.05, 0.1) is 6.10 Å². The van der Waals surface area contributed by atoms with E-state index >= 15 is 0 Å². The molecule has 0 saturated carbocycles. The fourth-order valence-electron chi connectivity index (χ4n) is 1.78. The molecule has 0 aromatic carbocycles. The summed E-state index contributed by atoms with van der Waals surface area (Å²) in [5.74, 6) is 0. The number of aliphatic hydroxyl groups excluding tert-OH is 3. The van der Waals surface area contributed by atoms with Crippen molar-refractivity contribution in [3.8, 4) is 0 Å². The van der Waals surface area contributed by atoms with Crippen LogP contribution in [-0.4, -0.2) is 51.0 Å². The summed E-state index contributed by atoms with van der Waals surface area (Å²) in [7, 11) is 0. The van der Waals surface area contributed by atoms with Crippen molar-refractivity contribution in [2.75, 3.05) is 0 Å². The Kier molecular flexibility index (Phi) is 1.90. The Balaban J connectivity index is 2.20. The smallest absolute Gasteiger partial charge is 0.414 e. The lowest BCUT2D eigenvalue weighted by Gasteiger charge is -2.35. The van der Waals surface area contributed by atoms with Gasteiger partial charge in [0.1, 0.15) is 6.04 Å². The topological polar surface area (TPSA) is 90.2 Å². The molecular weight excluding hydrogens is 178 g/mol. The van der Waals surface area contributed by atoms with E-state index in [0.29, 0.717) is 12.8 Å². The second-order valence-electron chi connectivity index (χ2n) is 3.31. The van der Waals surface area contributed by atoms with Crippen molar-refractivity contribution >= 4 is 6.09 Å². The molecular formula is C7H11NO5. The van der Waals surface area contributed by atoms with E-state index in [4.69, 9.17) is 0 Å². The number of hydrogen-bond acceptors (Lipinski definition) is 5. The highest BCUT2D eigenvalue weighted by atomic mass is 16.7. The molecule has 6 heteroatoms. The summed E-state index contributed by atoms with van der Waals surface area (Å²) >= 11 is 0. The quantitative estimate of drug-likeness (QED) is 0.436. The standard InChI is InChI=1S/C7H11NO5/c9-4-2-1-3-6(11)13-7(12)8(3)5(4)10/h3-6,9-11H,1-2H2. The molecule has 13 heavy (non-hydrogen) atoms. The minimum absolute atomic E-state index is 0.357. The minimum Gasteiger partial charge on any atom is -0.417 e. The summed E-state index contributed by atoms with van der Waals surface area (Å²) in [5, 5.41) is 27.9. The van der Waals surface area contributed by atoms with Crippen molar-refractivity contribution in [2.24, 2.45) is 0 Å². The summed E-state index contributed by atoms with van der Waals surface area (Å²) in [6.45, 7) is 0. The largest absolute Gasteiger partial charge is 0.417 e. The molecule has 0 aliphatic carbocycles. The highest BCUT2D eigenvalue weighted by molar-refractivity contribution is 5.70. The zero-order valence-corrected chi connectivity index (χ0v) is 6.83. The van der Waals surface area contributed by atoms with Gasteiger partial charge in [-0.05, 0) is 12.8 Å². The molecule has 0 aromatic heterocycles. The molecule has 4 atom stereocenters. The molecule has 0 aromatic rings. The first kappa shape index (κ1) is 8.74. The van der Waals surface area contributed by atoms with Crippen LogP contribution in [0.1, 0.15) is 12.8 Å². The van der Waals surface area contributed by atoms with Crippen LogP contribution >= 0.6 is 0 Å². The van der Waals surface area contributed by atoms with Crippen molar-refractivity contribution in [1.82, 2.24) is 4.90 Å². The zero-order chi connectivity index (χ0) is 9.59. The number of amides is 1. The van der Waals surface area contributed by atoms with Crippen LogP contribution in [0.3, 0.4) is 0 Å². The maximum absolute atomic E-state index is 11.0. The van der Waals surface area contributed by atoms with E-state index in [2.05, 4.69) is 4.74 Å². The highest BCUT2D eigenvalue weighted by Crippen LogP contribution is 2.30. The van der Waals surface area contributed by atoms with E-state index in [9.17, 15) is 20.1 Å². The van der Waals surface area contributed by atoms with Gasteiger partial charge in [-0.2, -0.15) is 0 Å². The predicted octanol–water partition coefficient (Wildman–Crippen LogP) is -1.40. The third-order valence-electron chi connectivity index (χ3n) is 2.51. The van der Waals surface area contributed by atoms with Gasteiger partial charge in [0.25, 0.3) is 0 Å². The molecule has 0 radical (unpaired) electrons. The maximum Gasteiger partial charge on any atom is 0.414 e. The van der Waals surface area contributed by atoms with Gasteiger partial charge >= 0.3 is 6.09 Å². The summed E-state index contributed by atoms with van der Waals surface area (Å²) in [4.78, 5) is 12.0. The van der Waals surface area contributed by atoms with Crippen LogP contribution in [0, 0.1) is 0 Å². The number of carbonyl (C=O) groups is 1. The maximum atomic E-state index is 11.0. The Morgan fingerprint density at radius 1 is 1.31 bits per heavy atom. The molecule has 4 unspecified atom stereocenters. The lowest BCUT2D eigenvalue weighted by molar-refractivity contribution is -0.116. The van der Waals surface area contributed by atoms with Gasteiger partial charge < -0.3 is 20.1 Å². The number of cyclic esters (lactones) is 1. The van der Waals surface area contributed by atoms with Crippen molar-refractivity contribution in [1.29, 1.82) is 0 Å². The third kappa shape index (κ3) is 1.18. The number of aliphatic hydroxyl groups is 3. The Morgan fingerprint density at radius 2 is 2.00 bits per heavy atom. The van der Waals surface area contributed by atoms with Gasteiger partial charge in [-0.15, -0.1) is 0 Å². The van der Waals surface area contributed by atoms with Crippen LogP contribution in [0.2, 0.25) is 0 Å². The Labute approximate surface area is 74.3 Å². The molecule has 0 bridgehead atoms. The van der Waals surface area contributed by atoms with Gasteiger partial charge in [0, 0.05) is 0 Å². The van der Waals surface area contributed by atoms with Crippen molar-refractivity contribution in [3.63, 3.8) is 0 Å². The molecule has 2 heterocycles. The Bertz CT molecular complexity index is 233. The number of fused-ring (bicyclic) bond motifs is 1. The molecule has 74 valence electrons. The third-order valence-corrected chi connectivity index (χ3v) is 2.51. The molecule has 0 spiro atoms. The fraction of sp³-hybridized carbons (Fsp3) is 0.857. The van der Waals surface area contributed by atoms with E-state index < -0.39 is 30.8 Å². The lowest BCUT2D eigenvalue weighted by atomic mass is 9.99. The summed E-state index contributed by atoms with van der Waals surface area (Å²) < 4.78 is 4.50. The monoisotopic (exact) mass is 189 g/mol. The first-order valence-electron chi connectivity index (χ1n) is 4.14. The van der Waals surface area contributed by atoms with E-state index in [1.165, 1.54) is 0 Å². The predicted molar refractivity (Wildman–Crippen MR) is 39.4 cm³/mol. The molecule has 2 fully saturated rings. The van der Waals surface area contributed by atoms with Gasteiger partial charge in [-0.3, -0.25) is 4.90 Å². The van der Waals surface area contributed by atoms with Gasteiger partial charge in [0.15, 0.2) is 6.23 Å². The van der Waals surface area contributed by atoms with Gasteiger partial charge in [-0.1, -0.05) is 0 Å². The van der Waals surface area contributed by atoms with Crippen molar-refractivity contribution < 1.29 is 24.9 Å². The zero-order valence-electron chi connectivity index (χ0n) is 6.83. The van der Waals surface area contributed by atoms with Crippen molar-refractivity contribution in [3.05, 3.63) is 0 Å². The van der Waals surface area contributed by atoms with E-state index in [0.717, 1.165) is 4.90 Å². The van der Waals surface area contributed by atoms with Crippen LogP contribution < -0.4 is 0 Å². The van der Waals surface area contributed by atoms with Crippen LogP contribution in [0.4, 0.5) is 4.79 Å². The lowest BCUT2D eigenvalue weighted by Crippen LogP contribution is -2.53. The average molecular weight is 189 g/mol. The van der Waals surface area contributed by atoms with Crippen LogP contribution in [0.25, 0.3) is 0 Å². The van der Waals surface area contributed by atoms with Crippen LogP contribution in [0.15, 0.2) is 0 Å². The normalized spacial score (nSPS) is 44.5. The number of ether oxygens (including phenoxy) is 1. The molecule has 2 rings (SSSR count). The van der Waals surface area contributed by atoms with Crippen LogP contribution in [-0.2, 0) is 4.74 Å². The molecule has 3 N–H and O–H groups in total. The molecule has 1 amide bonds.